The van der Waals surface area contributed by atoms with Crippen LogP contribution in [0.25, 0.3) is 11.9 Å². The minimum Gasteiger partial charge on any atom is -0.496 e. The first-order valence-electron chi connectivity index (χ1n) is 22.7. The average molecular weight is 900 g/mol. The highest BCUT2D eigenvalue weighted by molar-refractivity contribution is 5.98. The van der Waals surface area contributed by atoms with E-state index < -0.39 is 46.9 Å². The molecule has 0 saturated carbocycles. The van der Waals surface area contributed by atoms with Crippen LogP contribution in [0.5, 0.6) is 5.75 Å². The van der Waals surface area contributed by atoms with E-state index in [1.807, 2.05) is 47.6 Å². The van der Waals surface area contributed by atoms with Gasteiger partial charge < -0.3 is 57.2 Å². The van der Waals surface area contributed by atoms with E-state index in [-0.39, 0.29) is 25.4 Å². The van der Waals surface area contributed by atoms with Gasteiger partial charge in [0.25, 0.3) is 0 Å². The van der Waals surface area contributed by atoms with E-state index in [4.69, 9.17) is 36.4 Å². The molecule has 10 N–H and O–H groups in total. The number of ether oxygens (including phenoxy) is 3. The highest BCUT2D eigenvalue weighted by Crippen LogP contribution is 2.32. The molecule has 0 saturated heterocycles. The maximum absolute atomic E-state index is 13.1. The van der Waals surface area contributed by atoms with E-state index in [0.29, 0.717) is 49.6 Å². The van der Waals surface area contributed by atoms with Crippen LogP contribution < -0.4 is 53.8 Å². The summed E-state index contributed by atoms with van der Waals surface area (Å²) in [5.41, 5.74) is 19.6. The monoisotopic (exact) mass is 900 g/mol. The first-order chi connectivity index (χ1) is 30.8. The maximum Gasteiger partial charge on any atom is 0.407 e. The third-order valence-corrected chi connectivity index (χ3v) is 11.1. The largest absolute Gasteiger partial charge is 0.496 e. The Kier molecular flexibility index (Phi) is 19.5. The second-order valence-electron chi connectivity index (χ2n) is 18.5. The van der Waals surface area contributed by atoms with Crippen molar-refractivity contribution in [1.82, 2.24) is 20.5 Å². The molecule has 0 unspecified atom stereocenters. The number of alkyl carbamates (subject to hydrolysis) is 1. The van der Waals surface area contributed by atoms with Crippen molar-refractivity contribution in [3.8, 4) is 5.75 Å². The van der Waals surface area contributed by atoms with Crippen LogP contribution in [0.2, 0.25) is 0 Å². The zero-order chi connectivity index (χ0) is 47.7. The Bertz CT molecular complexity index is 2230. The second-order valence-corrected chi connectivity index (χ2v) is 18.5. The molecule has 0 spiro atoms. The van der Waals surface area contributed by atoms with E-state index in [2.05, 4.69) is 63.2 Å². The average Bonchev–Trinajstić information content (AvgIpc) is 3.64. The molecule has 0 radical (unpaired) electrons. The van der Waals surface area contributed by atoms with Gasteiger partial charge >= 0.3 is 6.09 Å². The lowest BCUT2D eigenvalue weighted by Gasteiger charge is -2.32. The van der Waals surface area contributed by atoms with E-state index in [1.165, 1.54) is 0 Å². The number of carbonyl (C=O) groups excluding carboxylic acids is 4. The lowest BCUT2D eigenvalue weighted by atomic mass is 9.92. The van der Waals surface area contributed by atoms with Crippen molar-refractivity contribution >= 4 is 47.2 Å². The maximum atomic E-state index is 13.1. The molecule has 356 valence electrons. The minimum atomic E-state index is -1.01. The van der Waals surface area contributed by atoms with Gasteiger partial charge in [0.15, 0.2) is 5.82 Å². The highest BCUT2D eigenvalue weighted by atomic mass is 16.5. The number of benzene rings is 2. The number of amidine groups is 1. The molecule has 1 aliphatic heterocycles. The number of rotatable bonds is 25. The van der Waals surface area contributed by atoms with Gasteiger partial charge in [0.1, 0.15) is 24.2 Å². The van der Waals surface area contributed by atoms with Gasteiger partial charge in [0.05, 0.1) is 37.3 Å². The summed E-state index contributed by atoms with van der Waals surface area (Å²) in [4.78, 5) is 54.8. The van der Waals surface area contributed by atoms with Crippen molar-refractivity contribution in [2.24, 2.45) is 33.5 Å². The predicted molar refractivity (Wildman–Crippen MR) is 256 cm³/mol. The molecular formula is C49H73N9O7. The van der Waals surface area contributed by atoms with Gasteiger partial charge in [-0.25, -0.2) is 9.79 Å². The molecule has 1 aliphatic rings. The van der Waals surface area contributed by atoms with Gasteiger partial charge in [-0.3, -0.25) is 14.4 Å². The fourth-order valence-corrected chi connectivity index (χ4v) is 7.21. The predicted octanol–water partition coefficient (Wildman–Crippen LogP) is 4.59. The first kappa shape index (κ1) is 51.8. The topological polar surface area (TPSA) is 239 Å². The van der Waals surface area contributed by atoms with Crippen LogP contribution in [-0.4, -0.2) is 73.1 Å². The number of nitrogens with one attached hydrogen (secondary N) is 4. The quantitative estimate of drug-likeness (QED) is 0.0584. The minimum absolute atomic E-state index is 0.00391. The van der Waals surface area contributed by atoms with Crippen LogP contribution >= 0.6 is 0 Å². The fraction of sp³-hybridized carbons (Fsp3) is 0.531. The number of aliphatic imine (C=N–C) groups is 1. The van der Waals surface area contributed by atoms with Gasteiger partial charge in [-0.15, -0.1) is 0 Å². The van der Waals surface area contributed by atoms with Crippen molar-refractivity contribution in [2.75, 3.05) is 32.1 Å². The van der Waals surface area contributed by atoms with Crippen LogP contribution in [0.4, 0.5) is 10.5 Å². The summed E-state index contributed by atoms with van der Waals surface area (Å²) in [6, 6.07) is 13.2. The Morgan fingerprint density at radius 1 is 0.985 bits per heavy atom. The summed E-state index contributed by atoms with van der Waals surface area (Å²) in [7, 11) is 1.68. The summed E-state index contributed by atoms with van der Waals surface area (Å²) in [5.74, 6) is 0.750. The van der Waals surface area contributed by atoms with E-state index in [0.717, 1.165) is 65.5 Å². The lowest BCUT2D eigenvalue weighted by molar-refractivity contribution is -0.128. The number of fused-ring (bicyclic) bond motifs is 1. The van der Waals surface area contributed by atoms with Crippen LogP contribution in [-0.2, 0) is 42.6 Å². The first-order valence-corrected chi connectivity index (χ1v) is 22.7. The Hall–Kier alpha value is -5.87. The lowest BCUT2D eigenvalue weighted by Crippen LogP contribution is -2.50. The number of hydrogen-bond acceptors (Lipinski definition) is 11. The normalized spacial score (nSPS) is 16.0. The summed E-state index contributed by atoms with van der Waals surface area (Å²) < 4.78 is 20.1. The van der Waals surface area contributed by atoms with Crippen LogP contribution in [0.1, 0.15) is 117 Å². The number of methoxy groups -OCH3 is 1. The van der Waals surface area contributed by atoms with Gasteiger partial charge in [-0.1, -0.05) is 77.8 Å². The number of unbranched alkanes of at least 4 members (excludes halogenated alkanes) is 2. The van der Waals surface area contributed by atoms with Crippen molar-refractivity contribution in [1.29, 1.82) is 0 Å². The second kappa shape index (κ2) is 24.4. The van der Waals surface area contributed by atoms with Crippen molar-refractivity contribution < 1.29 is 33.4 Å². The molecule has 0 bridgehead atoms. The van der Waals surface area contributed by atoms with Gasteiger partial charge in [-0.2, -0.15) is 0 Å². The molecule has 16 heteroatoms. The third kappa shape index (κ3) is 16.6. The smallest absolute Gasteiger partial charge is 0.407 e. The molecule has 0 aliphatic carbocycles. The highest BCUT2D eigenvalue weighted by Gasteiger charge is 2.29. The fourth-order valence-electron chi connectivity index (χ4n) is 7.21. The Balaban J connectivity index is 1.30. The number of aromatic nitrogens is 1. The van der Waals surface area contributed by atoms with Crippen molar-refractivity contribution in [3.63, 3.8) is 0 Å². The molecule has 0 fully saturated rings. The molecule has 2 atom stereocenters. The number of carbonyl (C=O) groups is 4. The summed E-state index contributed by atoms with van der Waals surface area (Å²) in [5, 5.41) is 13.9. The molecule has 1 aromatic heterocycles. The molecule has 2 aromatic carbocycles. The zero-order valence-electron chi connectivity index (χ0n) is 39.7. The Morgan fingerprint density at radius 2 is 1.72 bits per heavy atom. The van der Waals surface area contributed by atoms with Crippen LogP contribution in [0.15, 0.2) is 59.7 Å². The number of primary amides is 1. The van der Waals surface area contributed by atoms with Gasteiger partial charge in [-0.05, 0) is 86.1 Å². The molecule has 2 heterocycles. The Labute approximate surface area is 384 Å². The Morgan fingerprint density at radius 3 is 2.40 bits per heavy atom. The number of amides is 4. The number of nitrogens with zero attached hydrogens (tertiary/aromatic N) is 2. The van der Waals surface area contributed by atoms with Crippen molar-refractivity contribution in [3.05, 3.63) is 82.0 Å². The van der Waals surface area contributed by atoms with E-state index >= 15 is 0 Å². The molecule has 65 heavy (non-hydrogen) atoms. The molecule has 3 aromatic rings. The molecule has 16 nitrogen and oxygen atoms in total. The van der Waals surface area contributed by atoms with Crippen LogP contribution in [0, 0.1) is 11.3 Å². The standard InChI is InChI=1S/C49H73N9O7/c1-9-10-11-24-53-44-43-34(13-12-14-41(51)57-44)23-25-58(43)28-35-17-18-36(27-40(35)63-8)49(6,7)65-31-48(4,5)30-54-47(62)64-29-33-15-19-37(20-16-33)55-46(61)39(21-22-42(52)59)56-45(60)38(50)26-32(2)3/h13,15-20,23,25,27,32,38-39,53H,9-12,14,21-22,24,26,28-31,50H2,1-8H3,(H2,51,57)(H2,52,59)(H,54,62)(H,55,61)(H,56,60)/b34-13-,44-43+/t38-,39-/m0/s1. The molecule has 4 rings (SSSR count). The number of anilines is 1. The van der Waals surface area contributed by atoms with Crippen LogP contribution in [0.3, 0.4) is 0 Å². The van der Waals surface area contributed by atoms with Gasteiger partial charge in [0.2, 0.25) is 17.7 Å². The van der Waals surface area contributed by atoms with E-state index in [1.54, 1.807) is 31.4 Å². The van der Waals surface area contributed by atoms with Crippen molar-refractivity contribution in [2.45, 2.75) is 131 Å². The summed E-state index contributed by atoms with van der Waals surface area (Å²) in [6.07, 6.45) is 8.97. The molecular weight excluding hydrogens is 827 g/mol. The van der Waals surface area contributed by atoms with E-state index in [9.17, 15) is 19.2 Å². The molecule has 4 amide bonds. The van der Waals surface area contributed by atoms with Gasteiger partial charge in [0, 0.05) is 48.8 Å². The zero-order valence-corrected chi connectivity index (χ0v) is 39.7. The number of hydrogen-bond donors (Lipinski definition) is 7. The number of nitrogens with two attached hydrogens (primary N) is 3. The summed E-state index contributed by atoms with van der Waals surface area (Å²) >= 11 is 0. The SMILES string of the molecule is CCCCCNC1=c2/c(ccn2Cc2ccc(C(C)(C)OCC(C)(C)CNC(=O)OCc3ccc(NC(=O)[C@H](CCC(N)=O)NC(=O)[C@@H](N)CC(C)C)cc3)cc2OC)=C\CC/C(N)=N\1. The summed E-state index contributed by atoms with van der Waals surface area (Å²) in [6.45, 7) is 16.1. The third-order valence-electron chi connectivity index (χ3n) is 11.1.